The van der Waals surface area contributed by atoms with Gasteiger partial charge in [-0.1, -0.05) is 0 Å². The van der Waals surface area contributed by atoms with E-state index in [0.717, 1.165) is 25.9 Å². The maximum atomic E-state index is 11.2. The van der Waals surface area contributed by atoms with Crippen LogP contribution in [0.2, 0.25) is 0 Å². The lowest BCUT2D eigenvalue weighted by Gasteiger charge is -2.20. The molecule has 0 radical (unpaired) electrons. The Morgan fingerprint density at radius 3 is 2.31 bits per heavy atom. The molecule has 0 aliphatic heterocycles. The van der Waals surface area contributed by atoms with Crippen LogP contribution in [0, 0.1) is 0 Å². The number of nitrogens with one attached hydrogen (secondary N) is 2. The van der Waals surface area contributed by atoms with Crippen LogP contribution in [0.4, 0.5) is 4.79 Å². The van der Waals surface area contributed by atoms with Crippen molar-refractivity contribution >= 4 is 6.03 Å². The van der Waals surface area contributed by atoms with Crippen molar-refractivity contribution in [3.8, 4) is 0 Å². The lowest BCUT2D eigenvalue weighted by molar-refractivity contribution is 0.237. The van der Waals surface area contributed by atoms with Crippen molar-refractivity contribution < 1.29 is 4.79 Å². The summed E-state index contributed by atoms with van der Waals surface area (Å²) < 4.78 is 0. The largest absolute Gasteiger partial charge is 0.338 e. The minimum Gasteiger partial charge on any atom is -0.338 e. The Balaban J connectivity index is 3.37. The number of nitrogens with zero attached hydrogens (tertiary/aromatic N) is 1. The maximum Gasteiger partial charge on any atom is 0.314 e. The highest BCUT2D eigenvalue weighted by Crippen LogP contribution is 1.97. The van der Waals surface area contributed by atoms with Crippen LogP contribution in [0.5, 0.6) is 0 Å². The van der Waals surface area contributed by atoms with Crippen molar-refractivity contribution in [3.05, 3.63) is 0 Å². The first kappa shape index (κ1) is 15.2. The molecule has 0 aromatic heterocycles. The molecule has 0 spiro atoms. The third-order valence-corrected chi connectivity index (χ3v) is 2.52. The number of carbonyl (C=O) groups is 1. The Hall–Kier alpha value is -0.770. The summed E-state index contributed by atoms with van der Waals surface area (Å²) in [7, 11) is 2.13. The fourth-order valence-corrected chi connectivity index (χ4v) is 1.26. The molecule has 0 saturated heterocycles. The van der Waals surface area contributed by atoms with E-state index in [0.29, 0.717) is 6.04 Å². The fraction of sp³-hybridized carbons (Fsp3) is 0.917. The number of carbonyl (C=O) groups excluding carboxylic acids is 1. The quantitative estimate of drug-likeness (QED) is 0.654. The van der Waals surface area contributed by atoms with Crippen molar-refractivity contribution in [1.82, 2.24) is 15.5 Å². The molecule has 0 heterocycles. The summed E-state index contributed by atoms with van der Waals surface area (Å²) in [6.45, 7) is 10.1. The Bertz CT molecular complexity index is 193. The molecule has 0 rings (SSSR count). The molecule has 96 valence electrons. The Labute approximate surface area is 99.8 Å². The Morgan fingerprint density at radius 2 is 1.81 bits per heavy atom. The summed E-state index contributed by atoms with van der Waals surface area (Å²) in [5, 5.41) is 5.65. The normalized spacial score (nSPS) is 11.2. The lowest BCUT2D eigenvalue weighted by Crippen LogP contribution is -2.40. The zero-order chi connectivity index (χ0) is 12.6. The van der Waals surface area contributed by atoms with Gasteiger partial charge in [-0.05, 0) is 54.1 Å². The minimum absolute atomic E-state index is 0.0628. The second kappa shape index (κ2) is 8.39. The highest BCUT2D eigenvalue weighted by atomic mass is 16.2. The Morgan fingerprint density at radius 1 is 1.19 bits per heavy atom. The second-order valence-corrected chi connectivity index (χ2v) is 4.84. The van der Waals surface area contributed by atoms with E-state index in [4.69, 9.17) is 0 Å². The molecule has 4 heteroatoms. The number of amides is 2. The van der Waals surface area contributed by atoms with Gasteiger partial charge in [0.2, 0.25) is 0 Å². The highest BCUT2D eigenvalue weighted by Gasteiger charge is 2.03. The smallest absolute Gasteiger partial charge is 0.314 e. The van der Waals surface area contributed by atoms with Crippen molar-refractivity contribution in [3.63, 3.8) is 0 Å². The van der Waals surface area contributed by atoms with Gasteiger partial charge in [0, 0.05) is 18.6 Å². The average molecular weight is 229 g/mol. The van der Waals surface area contributed by atoms with Crippen molar-refractivity contribution in [2.75, 3.05) is 20.1 Å². The van der Waals surface area contributed by atoms with E-state index in [9.17, 15) is 4.79 Å². The van der Waals surface area contributed by atoms with Crippen molar-refractivity contribution in [2.45, 2.75) is 52.6 Å². The SMILES string of the molecule is CC(C)NC(=O)NCCCCN(C)C(C)C. The second-order valence-electron chi connectivity index (χ2n) is 4.84. The van der Waals surface area contributed by atoms with Crippen LogP contribution in [-0.4, -0.2) is 43.2 Å². The highest BCUT2D eigenvalue weighted by molar-refractivity contribution is 5.73. The van der Waals surface area contributed by atoms with Crippen LogP contribution >= 0.6 is 0 Å². The van der Waals surface area contributed by atoms with Crippen LogP contribution in [-0.2, 0) is 0 Å². The molecule has 2 N–H and O–H groups in total. The molecular formula is C12H27N3O. The summed E-state index contributed by atoms with van der Waals surface area (Å²) >= 11 is 0. The Kier molecular flexibility index (Phi) is 7.99. The first-order valence-electron chi connectivity index (χ1n) is 6.18. The predicted octanol–water partition coefficient (Wildman–Crippen LogP) is 1.81. The molecule has 4 nitrogen and oxygen atoms in total. The van der Waals surface area contributed by atoms with Crippen LogP contribution < -0.4 is 10.6 Å². The topological polar surface area (TPSA) is 44.4 Å². The number of hydrogen-bond donors (Lipinski definition) is 2. The van der Waals surface area contributed by atoms with E-state index >= 15 is 0 Å². The predicted molar refractivity (Wildman–Crippen MR) is 68.7 cm³/mol. The zero-order valence-corrected chi connectivity index (χ0v) is 11.3. The molecule has 2 amide bonds. The van der Waals surface area contributed by atoms with Gasteiger partial charge in [-0.25, -0.2) is 4.79 Å². The molecule has 0 aliphatic rings. The number of unbranched alkanes of at least 4 members (excludes halogenated alkanes) is 1. The van der Waals surface area contributed by atoms with Gasteiger partial charge in [0.15, 0.2) is 0 Å². The van der Waals surface area contributed by atoms with Gasteiger partial charge >= 0.3 is 6.03 Å². The summed E-state index contributed by atoms with van der Waals surface area (Å²) in [4.78, 5) is 13.5. The number of urea groups is 1. The maximum absolute atomic E-state index is 11.2. The molecule has 0 unspecified atom stereocenters. The van der Waals surface area contributed by atoms with Crippen molar-refractivity contribution in [1.29, 1.82) is 0 Å². The lowest BCUT2D eigenvalue weighted by atomic mass is 10.2. The molecule has 0 aliphatic carbocycles. The van der Waals surface area contributed by atoms with E-state index in [1.54, 1.807) is 0 Å². The van der Waals surface area contributed by atoms with Crippen LogP contribution in [0.3, 0.4) is 0 Å². The summed E-state index contributed by atoms with van der Waals surface area (Å²) in [6, 6.07) is 0.733. The number of rotatable bonds is 7. The number of hydrogen-bond acceptors (Lipinski definition) is 2. The van der Waals surface area contributed by atoms with E-state index in [1.807, 2.05) is 13.8 Å². The van der Waals surface area contributed by atoms with Gasteiger partial charge in [0.05, 0.1) is 0 Å². The zero-order valence-electron chi connectivity index (χ0n) is 11.3. The summed E-state index contributed by atoms with van der Waals surface area (Å²) in [5.41, 5.74) is 0. The molecule has 16 heavy (non-hydrogen) atoms. The van der Waals surface area contributed by atoms with Gasteiger partial charge in [0.1, 0.15) is 0 Å². The molecule has 0 bridgehead atoms. The average Bonchev–Trinajstić information content (AvgIpc) is 2.15. The third-order valence-electron chi connectivity index (χ3n) is 2.52. The summed E-state index contributed by atoms with van der Waals surface area (Å²) in [6.07, 6.45) is 2.15. The molecular weight excluding hydrogens is 202 g/mol. The fourth-order valence-electron chi connectivity index (χ4n) is 1.26. The molecule has 0 atom stereocenters. The monoisotopic (exact) mass is 229 g/mol. The van der Waals surface area contributed by atoms with Gasteiger partial charge in [-0.3, -0.25) is 0 Å². The van der Waals surface area contributed by atoms with E-state index in [1.165, 1.54) is 0 Å². The minimum atomic E-state index is -0.0628. The summed E-state index contributed by atoms with van der Waals surface area (Å²) in [5.74, 6) is 0. The van der Waals surface area contributed by atoms with E-state index < -0.39 is 0 Å². The molecule has 0 aromatic rings. The van der Waals surface area contributed by atoms with Crippen LogP contribution in [0.15, 0.2) is 0 Å². The van der Waals surface area contributed by atoms with Crippen LogP contribution in [0.1, 0.15) is 40.5 Å². The van der Waals surface area contributed by atoms with Gasteiger partial charge < -0.3 is 15.5 Å². The van der Waals surface area contributed by atoms with Gasteiger partial charge in [0.25, 0.3) is 0 Å². The first-order chi connectivity index (χ1) is 7.43. The van der Waals surface area contributed by atoms with E-state index in [2.05, 4.69) is 36.4 Å². The van der Waals surface area contributed by atoms with E-state index in [-0.39, 0.29) is 12.1 Å². The van der Waals surface area contributed by atoms with Gasteiger partial charge in [-0.15, -0.1) is 0 Å². The molecule has 0 aromatic carbocycles. The molecule has 0 fully saturated rings. The first-order valence-corrected chi connectivity index (χ1v) is 6.18. The third kappa shape index (κ3) is 8.53. The van der Waals surface area contributed by atoms with Crippen LogP contribution in [0.25, 0.3) is 0 Å². The molecule has 0 saturated carbocycles. The standard InChI is InChI=1S/C12H27N3O/c1-10(2)14-12(16)13-8-6-7-9-15(5)11(3)4/h10-11H,6-9H2,1-5H3,(H2,13,14,16). The van der Waals surface area contributed by atoms with Crippen molar-refractivity contribution in [2.24, 2.45) is 0 Å². The van der Waals surface area contributed by atoms with Gasteiger partial charge in [-0.2, -0.15) is 0 Å².